The number of aromatic nitrogens is 2. The van der Waals surface area contributed by atoms with Crippen molar-refractivity contribution >= 4 is 29.0 Å². The SMILES string of the molecule is O=C(CO)c1cnc(Cc2c(Cl)cccc2Cl)nc1. The second kappa shape index (κ2) is 6.10. The molecule has 0 amide bonds. The lowest BCUT2D eigenvalue weighted by atomic mass is 10.1. The summed E-state index contributed by atoms with van der Waals surface area (Å²) >= 11 is 12.1. The molecule has 2 aromatic rings. The molecule has 98 valence electrons. The topological polar surface area (TPSA) is 63.1 Å². The monoisotopic (exact) mass is 296 g/mol. The predicted molar refractivity (Wildman–Crippen MR) is 72.7 cm³/mol. The molecule has 0 aliphatic carbocycles. The van der Waals surface area contributed by atoms with Crippen molar-refractivity contribution in [3.05, 3.63) is 57.6 Å². The highest BCUT2D eigenvalue weighted by molar-refractivity contribution is 6.36. The minimum absolute atomic E-state index is 0.275. The van der Waals surface area contributed by atoms with E-state index >= 15 is 0 Å². The third kappa shape index (κ3) is 3.29. The fourth-order valence-corrected chi connectivity index (χ4v) is 2.07. The Morgan fingerprint density at radius 2 is 1.74 bits per heavy atom. The molecule has 0 saturated heterocycles. The molecule has 0 spiro atoms. The largest absolute Gasteiger partial charge is 0.388 e. The molecule has 6 heteroatoms. The maximum absolute atomic E-state index is 11.2. The van der Waals surface area contributed by atoms with Gasteiger partial charge in [0.1, 0.15) is 12.4 Å². The maximum Gasteiger partial charge on any atom is 0.191 e. The Labute approximate surface area is 120 Å². The van der Waals surface area contributed by atoms with Gasteiger partial charge >= 0.3 is 0 Å². The van der Waals surface area contributed by atoms with Crippen molar-refractivity contribution in [2.24, 2.45) is 0 Å². The fraction of sp³-hybridized carbons (Fsp3) is 0.154. The minimum Gasteiger partial charge on any atom is -0.388 e. The Kier molecular flexibility index (Phi) is 4.47. The molecule has 0 saturated carbocycles. The van der Waals surface area contributed by atoms with Crippen LogP contribution in [0.2, 0.25) is 10.0 Å². The van der Waals surface area contributed by atoms with Crippen molar-refractivity contribution in [1.29, 1.82) is 0 Å². The Morgan fingerprint density at radius 3 is 2.26 bits per heavy atom. The standard InChI is InChI=1S/C13H10Cl2N2O2/c14-10-2-1-3-11(15)9(10)4-13-16-5-8(6-17-13)12(19)7-18/h1-3,5-6,18H,4,7H2. The number of aliphatic hydroxyl groups excluding tert-OH is 1. The van der Waals surface area contributed by atoms with E-state index in [0.717, 1.165) is 5.56 Å². The number of carbonyl (C=O) groups is 1. The van der Waals surface area contributed by atoms with Crippen LogP contribution >= 0.6 is 23.2 Å². The zero-order chi connectivity index (χ0) is 13.8. The molecule has 1 heterocycles. The Hall–Kier alpha value is -1.49. The minimum atomic E-state index is -0.556. The van der Waals surface area contributed by atoms with Crippen LogP contribution in [0.1, 0.15) is 21.7 Å². The van der Waals surface area contributed by atoms with Gasteiger partial charge in [-0.1, -0.05) is 29.3 Å². The Morgan fingerprint density at radius 1 is 1.16 bits per heavy atom. The first-order chi connectivity index (χ1) is 9.11. The zero-order valence-electron chi connectivity index (χ0n) is 9.81. The number of rotatable bonds is 4. The quantitative estimate of drug-likeness (QED) is 0.881. The van der Waals surface area contributed by atoms with E-state index in [4.69, 9.17) is 28.3 Å². The number of halogens is 2. The van der Waals surface area contributed by atoms with E-state index in [1.165, 1.54) is 12.4 Å². The molecule has 2 rings (SSSR count). The zero-order valence-corrected chi connectivity index (χ0v) is 11.3. The molecule has 0 radical (unpaired) electrons. The van der Waals surface area contributed by atoms with Gasteiger partial charge in [0.25, 0.3) is 0 Å². The number of aliphatic hydroxyl groups is 1. The smallest absolute Gasteiger partial charge is 0.191 e. The molecule has 4 nitrogen and oxygen atoms in total. The van der Waals surface area contributed by atoms with Gasteiger partial charge in [-0.15, -0.1) is 0 Å². The van der Waals surface area contributed by atoms with Crippen molar-refractivity contribution in [2.45, 2.75) is 6.42 Å². The molecule has 19 heavy (non-hydrogen) atoms. The number of nitrogens with zero attached hydrogens (tertiary/aromatic N) is 2. The summed E-state index contributed by atoms with van der Waals surface area (Å²) in [5.41, 5.74) is 1.02. The highest BCUT2D eigenvalue weighted by Gasteiger charge is 2.10. The number of carbonyl (C=O) groups excluding carboxylic acids is 1. The molecule has 0 atom stereocenters. The summed E-state index contributed by atoms with van der Waals surface area (Å²) in [6, 6.07) is 5.25. The summed E-state index contributed by atoms with van der Waals surface area (Å²) in [6.45, 7) is -0.556. The maximum atomic E-state index is 11.2. The van der Waals surface area contributed by atoms with Gasteiger partial charge in [-0.2, -0.15) is 0 Å². The van der Waals surface area contributed by atoms with Gasteiger partial charge in [0.05, 0.1) is 5.56 Å². The van der Waals surface area contributed by atoms with Gasteiger partial charge in [0.15, 0.2) is 5.78 Å². The van der Waals surface area contributed by atoms with E-state index in [9.17, 15) is 4.79 Å². The van der Waals surface area contributed by atoms with Crippen LogP contribution in [-0.4, -0.2) is 27.5 Å². The lowest BCUT2D eigenvalue weighted by molar-refractivity contribution is 0.0903. The predicted octanol–water partition coefficient (Wildman–Crippen LogP) is 2.55. The molecule has 0 bridgehead atoms. The molecule has 1 aromatic heterocycles. The molecular weight excluding hydrogens is 287 g/mol. The van der Waals surface area contributed by atoms with Gasteiger partial charge in [-0.25, -0.2) is 9.97 Å². The van der Waals surface area contributed by atoms with E-state index in [0.29, 0.717) is 22.3 Å². The lowest BCUT2D eigenvalue weighted by Crippen LogP contribution is -2.07. The third-order valence-electron chi connectivity index (χ3n) is 2.57. The highest BCUT2D eigenvalue weighted by atomic mass is 35.5. The summed E-state index contributed by atoms with van der Waals surface area (Å²) in [5, 5.41) is 9.82. The van der Waals surface area contributed by atoms with Gasteiger partial charge in [0.2, 0.25) is 0 Å². The normalized spacial score (nSPS) is 10.5. The average Bonchev–Trinajstić information content (AvgIpc) is 2.43. The first kappa shape index (κ1) is 13.9. The lowest BCUT2D eigenvalue weighted by Gasteiger charge is -2.06. The van der Waals surface area contributed by atoms with Crippen LogP contribution in [0, 0.1) is 0 Å². The van der Waals surface area contributed by atoms with Crippen LogP contribution in [-0.2, 0) is 6.42 Å². The third-order valence-corrected chi connectivity index (χ3v) is 3.28. The van der Waals surface area contributed by atoms with Crippen LogP contribution in [0.15, 0.2) is 30.6 Å². The molecule has 1 aromatic carbocycles. The average molecular weight is 297 g/mol. The van der Waals surface area contributed by atoms with Gasteiger partial charge in [-0.3, -0.25) is 4.79 Å². The summed E-state index contributed by atoms with van der Waals surface area (Å²) in [4.78, 5) is 19.3. The second-order valence-corrected chi connectivity index (χ2v) is 4.66. The molecule has 0 fully saturated rings. The van der Waals surface area contributed by atoms with Crippen LogP contribution < -0.4 is 0 Å². The Bertz CT molecular complexity index is 580. The molecule has 0 aliphatic rings. The van der Waals surface area contributed by atoms with E-state index in [2.05, 4.69) is 9.97 Å². The van der Waals surface area contributed by atoms with Crippen LogP contribution in [0.3, 0.4) is 0 Å². The number of benzene rings is 1. The fourth-order valence-electron chi connectivity index (χ4n) is 1.54. The number of ketones is 1. The highest BCUT2D eigenvalue weighted by Crippen LogP contribution is 2.25. The van der Waals surface area contributed by atoms with Crippen molar-refractivity contribution in [3.8, 4) is 0 Å². The second-order valence-electron chi connectivity index (χ2n) is 3.85. The summed E-state index contributed by atoms with van der Waals surface area (Å²) in [5.74, 6) is 0.0896. The first-order valence-electron chi connectivity index (χ1n) is 5.49. The van der Waals surface area contributed by atoms with E-state index < -0.39 is 12.4 Å². The number of Topliss-reactive ketones (excluding diaryl/α,β-unsaturated/α-hetero) is 1. The van der Waals surface area contributed by atoms with Gasteiger partial charge in [-0.05, 0) is 17.7 Å². The molecule has 0 aliphatic heterocycles. The van der Waals surface area contributed by atoms with E-state index in [1.54, 1.807) is 18.2 Å². The van der Waals surface area contributed by atoms with Gasteiger partial charge in [0, 0.05) is 28.9 Å². The van der Waals surface area contributed by atoms with Crippen LogP contribution in [0.4, 0.5) is 0 Å². The molecule has 1 N–H and O–H groups in total. The summed E-state index contributed by atoms with van der Waals surface area (Å²) in [7, 11) is 0. The van der Waals surface area contributed by atoms with E-state index in [1.807, 2.05) is 0 Å². The van der Waals surface area contributed by atoms with Crippen molar-refractivity contribution in [1.82, 2.24) is 9.97 Å². The molecular formula is C13H10Cl2N2O2. The van der Waals surface area contributed by atoms with Crippen molar-refractivity contribution in [2.75, 3.05) is 6.61 Å². The van der Waals surface area contributed by atoms with Crippen LogP contribution in [0.5, 0.6) is 0 Å². The van der Waals surface area contributed by atoms with Crippen molar-refractivity contribution < 1.29 is 9.90 Å². The van der Waals surface area contributed by atoms with Gasteiger partial charge < -0.3 is 5.11 Å². The van der Waals surface area contributed by atoms with Crippen LogP contribution in [0.25, 0.3) is 0 Å². The number of hydrogen-bond acceptors (Lipinski definition) is 4. The van der Waals surface area contributed by atoms with E-state index in [-0.39, 0.29) is 5.56 Å². The first-order valence-corrected chi connectivity index (χ1v) is 6.25. The number of hydrogen-bond donors (Lipinski definition) is 1. The summed E-state index contributed by atoms with van der Waals surface area (Å²) < 4.78 is 0. The Balaban J connectivity index is 2.22. The van der Waals surface area contributed by atoms with Crippen molar-refractivity contribution in [3.63, 3.8) is 0 Å². The molecule has 0 unspecified atom stereocenters. The summed E-state index contributed by atoms with van der Waals surface area (Å²) in [6.07, 6.45) is 3.14.